The van der Waals surface area contributed by atoms with Crippen LogP contribution in [0, 0.1) is 0 Å². The van der Waals surface area contributed by atoms with Gasteiger partial charge in [0.1, 0.15) is 0 Å². The summed E-state index contributed by atoms with van der Waals surface area (Å²) in [4.78, 5) is 12.6. The smallest absolute Gasteiger partial charge is 0.209 e. The topological polar surface area (TPSA) is 60.7 Å². The number of aryl methyl sites for hydroxylation is 2. The average molecular weight is 274 g/mol. The SMILES string of the molecule is Cn1nnnc1S[C@H]1CCCc2ccccc2C1=O. The third kappa shape index (κ3) is 2.40. The third-order valence-electron chi connectivity index (χ3n) is 3.32. The highest BCUT2D eigenvalue weighted by Gasteiger charge is 2.27. The van der Waals surface area contributed by atoms with Crippen LogP contribution in [0.1, 0.15) is 28.8 Å². The van der Waals surface area contributed by atoms with Crippen molar-refractivity contribution in [2.45, 2.75) is 29.7 Å². The van der Waals surface area contributed by atoms with Crippen molar-refractivity contribution in [3.8, 4) is 0 Å². The summed E-state index contributed by atoms with van der Waals surface area (Å²) in [5.74, 6) is 0.195. The Morgan fingerprint density at radius 1 is 1.37 bits per heavy atom. The van der Waals surface area contributed by atoms with Crippen LogP contribution in [0.3, 0.4) is 0 Å². The van der Waals surface area contributed by atoms with Gasteiger partial charge in [0.15, 0.2) is 5.78 Å². The van der Waals surface area contributed by atoms with Crippen LogP contribution in [0.4, 0.5) is 0 Å². The lowest BCUT2D eigenvalue weighted by molar-refractivity contribution is 0.0988. The van der Waals surface area contributed by atoms with Gasteiger partial charge in [-0.3, -0.25) is 4.79 Å². The molecule has 0 amide bonds. The van der Waals surface area contributed by atoms with E-state index in [1.54, 1.807) is 11.7 Å². The molecule has 1 aliphatic carbocycles. The van der Waals surface area contributed by atoms with Crippen molar-refractivity contribution >= 4 is 17.5 Å². The maximum absolute atomic E-state index is 12.6. The first-order valence-electron chi connectivity index (χ1n) is 6.27. The number of hydrogen-bond donors (Lipinski definition) is 0. The fraction of sp³-hybridized carbons (Fsp3) is 0.385. The molecule has 0 N–H and O–H groups in total. The molecule has 1 aromatic heterocycles. The Bertz CT molecular complexity index is 610. The van der Waals surface area contributed by atoms with E-state index in [1.165, 1.54) is 11.8 Å². The van der Waals surface area contributed by atoms with E-state index in [-0.39, 0.29) is 11.0 Å². The molecule has 2 aromatic rings. The van der Waals surface area contributed by atoms with Crippen LogP contribution in [0.5, 0.6) is 0 Å². The van der Waals surface area contributed by atoms with E-state index in [9.17, 15) is 4.79 Å². The van der Waals surface area contributed by atoms with Gasteiger partial charge in [0.25, 0.3) is 0 Å². The van der Waals surface area contributed by atoms with Gasteiger partial charge in [-0.2, -0.15) is 0 Å². The first-order chi connectivity index (χ1) is 9.25. The van der Waals surface area contributed by atoms with Crippen molar-refractivity contribution in [1.29, 1.82) is 0 Å². The lowest BCUT2D eigenvalue weighted by Gasteiger charge is -2.11. The molecule has 19 heavy (non-hydrogen) atoms. The van der Waals surface area contributed by atoms with Crippen LogP contribution in [0.15, 0.2) is 29.4 Å². The summed E-state index contributed by atoms with van der Waals surface area (Å²) in [6, 6.07) is 7.88. The molecule has 0 aliphatic heterocycles. The van der Waals surface area contributed by atoms with Crippen molar-refractivity contribution in [1.82, 2.24) is 20.2 Å². The summed E-state index contributed by atoms with van der Waals surface area (Å²) in [5, 5.41) is 12.0. The maximum atomic E-state index is 12.6. The summed E-state index contributed by atoms with van der Waals surface area (Å²) < 4.78 is 1.61. The zero-order chi connectivity index (χ0) is 13.2. The lowest BCUT2D eigenvalue weighted by Crippen LogP contribution is -2.17. The monoisotopic (exact) mass is 274 g/mol. The second-order valence-corrected chi connectivity index (χ2v) is 5.78. The molecule has 0 fully saturated rings. The minimum Gasteiger partial charge on any atom is -0.293 e. The molecule has 5 nitrogen and oxygen atoms in total. The van der Waals surface area contributed by atoms with Gasteiger partial charge < -0.3 is 0 Å². The van der Waals surface area contributed by atoms with Crippen molar-refractivity contribution in [3.63, 3.8) is 0 Å². The summed E-state index contributed by atoms with van der Waals surface area (Å²) in [6.45, 7) is 0. The van der Waals surface area contributed by atoms with Crippen molar-refractivity contribution in [2.75, 3.05) is 0 Å². The van der Waals surface area contributed by atoms with E-state index < -0.39 is 0 Å². The number of thioether (sulfide) groups is 1. The molecule has 0 saturated carbocycles. The minimum atomic E-state index is -0.0895. The molecule has 98 valence electrons. The first-order valence-corrected chi connectivity index (χ1v) is 7.15. The fourth-order valence-electron chi connectivity index (χ4n) is 2.32. The number of tetrazole rings is 1. The Balaban J connectivity index is 1.88. The van der Waals surface area contributed by atoms with Gasteiger partial charge in [0.2, 0.25) is 5.16 Å². The van der Waals surface area contributed by atoms with Gasteiger partial charge in [-0.15, -0.1) is 5.10 Å². The van der Waals surface area contributed by atoms with Gasteiger partial charge >= 0.3 is 0 Å². The summed E-state index contributed by atoms with van der Waals surface area (Å²) in [6.07, 6.45) is 2.85. The van der Waals surface area contributed by atoms with Crippen molar-refractivity contribution in [2.24, 2.45) is 7.05 Å². The molecule has 1 aliphatic rings. The van der Waals surface area contributed by atoms with Crippen molar-refractivity contribution < 1.29 is 4.79 Å². The predicted molar refractivity (Wildman–Crippen MR) is 72.2 cm³/mol. The molecule has 0 radical (unpaired) electrons. The maximum Gasteiger partial charge on any atom is 0.209 e. The second kappa shape index (κ2) is 5.13. The fourth-order valence-corrected chi connectivity index (χ4v) is 3.37. The number of carbonyl (C=O) groups is 1. The number of fused-ring (bicyclic) bond motifs is 1. The van der Waals surface area contributed by atoms with E-state index in [2.05, 4.69) is 15.5 Å². The highest BCUT2D eigenvalue weighted by Crippen LogP contribution is 2.31. The van der Waals surface area contributed by atoms with Gasteiger partial charge in [-0.1, -0.05) is 36.0 Å². The summed E-state index contributed by atoms with van der Waals surface area (Å²) in [5.41, 5.74) is 2.01. The van der Waals surface area contributed by atoms with E-state index in [1.807, 2.05) is 24.3 Å². The number of benzene rings is 1. The predicted octanol–water partition coefficient (Wildman–Crippen LogP) is 1.89. The Kier molecular flexibility index (Phi) is 3.33. The molecule has 0 saturated heterocycles. The van der Waals surface area contributed by atoms with Crippen LogP contribution in [-0.2, 0) is 13.5 Å². The quantitative estimate of drug-likeness (QED) is 0.783. The van der Waals surface area contributed by atoms with E-state index in [4.69, 9.17) is 0 Å². The molecular weight excluding hydrogens is 260 g/mol. The normalized spacial score (nSPS) is 19.0. The molecule has 1 heterocycles. The molecule has 6 heteroatoms. The van der Waals surface area contributed by atoms with Crippen LogP contribution in [0.2, 0.25) is 0 Å². The number of rotatable bonds is 2. The second-order valence-electron chi connectivity index (χ2n) is 4.61. The van der Waals surface area contributed by atoms with E-state index in [0.29, 0.717) is 5.16 Å². The number of hydrogen-bond acceptors (Lipinski definition) is 5. The van der Waals surface area contributed by atoms with E-state index >= 15 is 0 Å². The molecule has 1 aromatic carbocycles. The summed E-state index contributed by atoms with van der Waals surface area (Å²) >= 11 is 1.46. The standard InChI is InChI=1S/C13H14N4OS/c1-17-13(14-15-16-17)19-11-8-4-6-9-5-2-3-7-10(9)12(11)18/h2-3,5,7,11H,4,6,8H2,1H3/t11-/m0/s1. The number of aromatic nitrogens is 4. The van der Waals surface area contributed by atoms with Gasteiger partial charge in [-0.25, -0.2) is 4.68 Å². The molecular formula is C13H14N4OS. The Morgan fingerprint density at radius 2 is 2.21 bits per heavy atom. The molecule has 0 spiro atoms. The highest BCUT2D eigenvalue weighted by molar-refractivity contribution is 8.00. The molecule has 0 bridgehead atoms. The Morgan fingerprint density at radius 3 is 3.00 bits per heavy atom. The van der Waals surface area contributed by atoms with Crippen LogP contribution >= 0.6 is 11.8 Å². The zero-order valence-electron chi connectivity index (χ0n) is 10.6. The number of nitrogens with zero attached hydrogens (tertiary/aromatic N) is 4. The number of carbonyl (C=O) groups excluding carboxylic acids is 1. The third-order valence-corrected chi connectivity index (χ3v) is 4.61. The zero-order valence-corrected chi connectivity index (χ0v) is 11.4. The van der Waals surface area contributed by atoms with Gasteiger partial charge in [-0.05, 0) is 35.3 Å². The molecule has 1 atom stereocenters. The van der Waals surface area contributed by atoms with Crippen LogP contribution in [-0.4, -0.2) is 31.2 Å². The highest BCUT2D eigenvalue weighted by atomic mass is 32.2. The van der Waals surface area contributed by atoms with Crippen LogP contribution in [0.25, 0.3) is 0 Å². The van der Waals surface area contributed by atoms with Crippen molar-refractivity contribution in [3.05, 3.63) is 35.4 Å². The number of Topliss-reactive ketones (excluding diaryl/α,β-unsaturated/α-hetero) is 1. The first kappa shape index (κ1) is 12.3. The minimum absolute atomic E-state index is 0.0895. The Labute approximate surface area is 115 Å². The average Bonchev–Trinajstić information content (AvgIpc) is 2.75. The molecule has 3 rings (SSSR count). The van der Waals surface area contributed by atoms with E-state index in [0.717, 1.165) is 30.4 Å². The number of ketones is 1. The Hall–Kier alpha value is -1.69. The van der Waals surface area contributed by atoms with Crippen LogP contribution < -0.4 is 0 Å². The largest absolute Gasteiger partial charge is 0.293 e. The lowest BCUT2D eigenvalue weighted by atomic mass is 10.0. The summed E-state index contributed by atoms with van der Waals surface area (Å²) in [7, 11) is 1.79. The van der Waals surface area contributed by atoms with Gasteiger partial charge in [0, 0.05) is 12.6 Å². The van der Waals surface area contributed by atoms with Gasteiger partial charge in [0.05, 0.1) is 5.25 Å². The molecule has 0 unspecified atom stereocenters.